The third kappa shape index (κ3) is 21.7. The number of hydrogen-bond acceptors (Lipinski definition) is 0. The molecule has 5 aromatic carbocycles. The Morgan fingerprint density at radius 1 is 0.357 bits per heavy atom. The second-order valence-corrected chi connectivity index (χ2v) is 28.7. The lowest BCUT2D eigenvalue weighted by Crippen LogP contribution is -2.32. The molecular formula is C93H126N5+5. The van der Waals surface area contributed by atoms with Crippen molar-refractivity contribution in [2.24, 2.45) is 52.0 Å². The average Bonchev–Trinajstić information content (AvgIpc) is 0.751. The van der Waals surface area contributed by atoms with Crippen LogP contribution in [0.5, 0.6) is 0 Å². The molecule has 5 aromatic heterocycles. The monoisotopic (exact) mass is 1340 g/mol. The van der Waals surface area contributed by atoms with Gasteiger partial charge in [0.25, 0.3) is 0 Å². The number of hydrogen-bond donors (Lipinski definition) is 0. The fourth-order valence-corrected chi connectivity index (χ4v) is 11.8. The molecular weight excluding hydrogens is 1190 g/mol. The first kappa shape index (κ1) is 47.0. The molecule has 1 atom stereocenters. The summed E-state index contributed by atoms with van der Waals surface area (Å²) >= 11 is 0. The summed E-state index contributed by atoms with van der Waals surface area (Å²) in [6.45, 7) is 19.6. The fourth-order valence-electron chi connectivity index (χ4n) is 11.8. The molecule has 0 saturated heterocycles. The number of nitrogens with zero attached hydrogens (tertiary/aromatic N) is 5. The summed E-state index contributed by atoms with van der Waals surface area (Å²) < 4.78 is 230. The Morgan fingerprint density at radius 3 is 1.16 bits per heavy atom. The maximum Gasteiger partial charge on any atom is 0.212 e. The van der Waals surface area contributed by atoms with E-state index >= 15 is 0 Å². The summed E-state index contributed by atoms with van der Waals surface area (Å²) in [5.41, 5.74) is 20.4. The molecule has 5 heterocycles. The molecule has 0 amide bonds. The summed E-state index contributed by atoms with van der Waals surface area (Å²) in [6, 6.07) is 35.3. The van der Waals surface area contributed by atoms with Crippen molar-refractivity contribution in [3.63, 3.8) is 0 Å². The van der Waals surface area contributed by atoms with Crippen LogP contribution in [0.3, 0.4) is 0 Å². The van der Waals surface area contributed by atoms with Crippen molar-refractivity contribution < 1.29 is 61.2 Å². The van der Waals surface area contributed by atoms with Gasteiger partial charge < -0.3 is 0 Å². The lowest BCUT2D eigenvalue weighted by atomic mass is 9.86. The lowest BCUT2D eigenvalue weighted by molar-refractivity contribution is -0.661. The van der Waals surface area contributed by atoms with Gasteiger partial charge in [0.2, 0.25) is 28.5 Å². The maximum absolute atomic E-state index is 8.67. The average molecular weight is 1340 g/mol. The van der Waals surface area contributed by atoms with E-state index in [0.29, 0.717) is 33.6 Å². The first-order valence-corrected chi connectivity index (χ1v) is 33.4. The number of aromatic nitrogens is 5. The minimum absolute atomic E-state index is 0.0192. The second-order valence-electron chi connectivity index (χ2n) is 28.7. The first-order chi connectivity index (χ1) is 56.7. The molecule has 5 heteroatoms. The van der Waals surface area contributed by atoms with Gasteiger partial charge in [-0.25, -0.2) is 22.8 Å². The van der Waals surface area contributed by atoms with Crippen molar-refractivity contribution >= 4 is 0 Å². The quantitative estimate of drug-likeness (QED) is 0.122. The Morgan fingerprint density at radius 2 is 0.745 bits per heavy atom. The van der Waals surface area contributed by atoms with Crippen LogP contribution in [0.1, 0.15) is 225 Å². The van der Waals surface area contributed by atoms with Gasteiger partial charge in [0.15, 0.2) is 31.0 Å². The molecule has 0 spiro atoms. The molecule has 0 fully saturated rings. The van der Waals surface area contributed by atoms with E-state index in [-0.39, 0.29) is 38.9 Å². The highest BCUT2D eigenvalue weighted by Gasteiger charge is 2.23. The maximum atomic E-state index is 8.67. The van der Waals surface area contributed by atoms with Gasteiger partial charge in [-0.15, -0.1) is 0 Å². The molecule has 5 nitrogen and oxygen atoms in total. The number of pyridine rings is 5. The van der Waals surface area contributed by atoms with Crippen molar-refractivity contribution in [3.05, 3.63) is 264 Å². The Balaban J connectivity index is 0.000000245. The lowest BCUT2D eigenvalue weighted by Gasteiger charge is -2.19. The molecule has 0 aliphatic heterocycles. The van der Waals surface area contributed by atoms with Gasteiger partial charge in [-0.3, -0.25) is 0 Å². The normalized spacial score (nSPS) is 17.5. The highest BCUT2D eigenvalue weighted by Crippen LogP contribution is 2.32. The van der Waals surface area contributed by atoms with E-state index in [4.69, 9.17) is 38.4 Å². The fraction of sp³-hybridized carbons (Fsp3) is 0.409. The highest BCUT2D eigenvalue weighted by atomic mass is 14.9. The van der Waals surface area contributed by atoms with Crippen LogP contribution in [0.2, 0.25) is 0 Å². The highest BCUT2D eigenvalue weighted by molar-refractivity contribution is 5.67. The summed E-state index contributed by atoms with van der Waals surface area (Å²) in [6.07, 6.45) is 3.44. The van der Waals surface area contributed by atoms with Crippen LogP contribution < -0.4 is 22.8 Å². The van der Waals surface area contributed by atoms with E-state index < -0.39 is 89.7 Å². The van der Waals surface area contributed by atoms with E-state index in [0.717, 1.165) is 55.9 Å². The summed E-state index contributed by atoms with van der Waals surface area (Å²) in [4.78, 5) is 0. The van der Waals surface area contributed by atoms with E-state index in [9.17, 15) is 0 Å². The minimum atomic E-state index is -2.47. The summed E-state index contributed by atoms with van der Waals surface area (Å²) in [5.74, 6) is -2.14. The summed E-state index contributed by atoms with van der Waals surface area (Å²) in [7, 11) is 9.24. The van der Waals surface area contributed by atoms with Crippen molar-refractivity contribution in [1.29, 1.82) is 0 Å². The Hall–Kier alpha value is -8.15. The standard InChI is InChI=1S/C20H28N.2C19H26N.C18H24N.C17H22N/c1-14-8-9-18(15(2)10-14)19-11-17(12-20(4,5)6)16(3)13-21(19)7;1-13(2)9-17-11-19(20(6)12-16(17)5)18-8-7-14(3)10-15(18)4;1-14-7-8-17(15(2)11-14)18-12-16(9-10-20(18)6)13-19(3,4)5;1-12(2)17-11-19(6)18(10-15(17)5)16-8-7-13(3)9-14(16)4;1-11-7-13(3)15(5)16(8-11)17-9-12(2)14(4)10-18(17)6/h8-11,13H,12H2,1-7H3;7-8,10-13H,9H2,1-6H3;7-12H,13H2,1-6H3;7-12H,1-6H3;7-10H,1-6H3/q5*+1/i1D3,3D3,12D2;3D3,5D3,9D2;1D3,13D2;1D3,3D3,12D;. The molecule has 0 aliphatic carbocycles. The largest absolute Gasteiger partial charge is 0.212 e. The third-order valence-electron chi connectivity index (χ3n) is 16.9. The second kappa shape index (κ2) is 33.6. The van der Waals surface area contributed by atoms with Gasteiger partial charge in [-0.1, -0.05) is 152 Å². The Kier molecular flexibility index (Phi) is 16.1. The zero-order chi connectivity index (χ0) is 97.0. The SMILES string of the molecule is Cc1cc(C)c(C)c(-c2cc(C)c(C)c[n+]2C)c1.[2H]C([2H])([2H])c1ccc(-c2cc(C([2H])([2H])C(C)(C)C)c(C([2H])([2H])[2H])c[n+]2C)c(C)c1.[2H]C([2H])([2H])c1ccc(-c2cc(C([2H])([2H])C(C)(C)C)cc[n+]2C)c(C)c1.[2H]C([2H])([2H])c1ccc(-c2cc(C([2H])([2H])C(C)C)c(C([2H])([2H])[2H])c[n+]2C)c(C)c1.[2H]C([2H])([2H])c1ccc(-c2cc(C)c(C([2H])(C)C([2H])([2H])[2H])c[n+]2C)c(C)c1. The zero-order valence-electron chi connectivity index (χ0n) is 90.7. The number of rotatable bonds is 10. The van der Waals surface area contributed by atoms with Crippen LogP contribution in [-0.4, -0.2) is 0 Å². The van der Waals surface area contributed by atoms with Gasteiger partial charge in [0.05, 0.1) is 0 Å². The molecule has 10 rings (SSSR count). The molecule has 0 N–H and O–H groups in total. The molecule has 0 saturated carbocycles. The van der Waals surface area contributed by atoms with Gasteiger partial charge in [0.1, 0.15) is 35.2 Å². The number of aryl methyl sites for hydroxylation is 20. The van der Waals surface area contributed by atoms with Crippen LogP contribution >= 0.6 is 0 Å². The van der Waals surface area contributed by atoms with Crippen LogP contribution in [0.15, 0.2) is 152 Å². The van der Waals surface area contributed by atoms with E-state index in [1.807, 2.05) is 70.6 Å². The van der Waals surface area contributed by atoms with E-state index in [1.54, 1.807) is 169 Å². The molecule has 0 radical (unpaired) electrons. The number of benzene rings is 5. The Labute approximate surface area is 635 Å². The van der Waals surface area contributed by atoms with Gasteiger partial charge in [-0.2, -0.15) is 0 Å². The molecule has 518 valence electrons. The minimum Gasteiger partial charge on any atom is -0.201 e. The predicted molar refractivity (Wildman–Crippen MR) is 420 cm³/mol. The molecule has 1 unspecified atom stereocenters. The van der Waals surface area contributed by atoms with E-state index in [1.165, 1.54) is 70.5 Å². The van der Waals surface area contributed by atoms with Gasteiger partial charge >= 0.3 is 0 Å². The third-order valence-corrected chi connectivity index (χ3v) is 16.9. The van der Waals surface area contributed by atoms with Crippen LogP contribution in [0, 0.1) is 127 Å². The van der Waals surface area contributed by atoms with Crippen LogP contribution in [0.4, 0.5) is 0 Å². The van der Waals surface area contributed by atoms with Gasteiger partial charge in [-0.05, 0) is 244 Å². The smallest absolute Gasteiger partial charge is 0.201 e. The molecule has 0 bridgehead atoms. The molecule has 98 heavy (non-hydrogen) atoms. The summed E-state index contributed by atoms with van der Waals surface area (Å²) in [5, 5.41) is 0. The first-order valence-electron chi connectivity index (χ1n) is 47.4. The Bertz CT molecular complexity index is 5620. The molecule has 0 aliphatic rings. The van der Waals surface area contributed by atoms with Crippen molar-refractivity contribution in [3.8, 4) is 56.3 Å². The molecule has 10 aromatic rings. The zero-order valence-corrected chi connectivity index (χ0v) is 62.7. The van der Waals surface area contributed by atoms with Crippen LogP contribution in [0.25, 0.3) is 56.3 Å². The van der Waals surface area contributed by atoms with E-state index in [2.05, 4.69) is 70.6 Å². The van der Waals surface area contributed by atoms with Gasteiger partial charge in [0, 0.05) is 125 Å². The predicted octanol–water partition coefficient (Wildman–Crippen LogP) is 21.3. The van der Waals surface area contributed by atoms with Crippen molar-refractivity contribution in [2.45, 2.75) is 205 Å². The van der Waals surface area contributed by atoms with Crippen LogP contribution in [-0.2, 0) is 54.4 Å². The van der Waals surface area contributed by atoms with Crippen molar-refractivity contribution in [2.75, 3.05) is 0 Å². The topological polar surface area (TPSA) is 19.4 Å². The van der Waals surface area contributed by atoms with Crippen molar-refractivity contribution in [1.82, 2.24) is 0 Å².